The van der Waals surface area contributed by atoms with Crippen LogP contribution in [0.2, 0.25) is 0 Å². The third kappa shape index (κ3) is 6.03. The van der Waals surface area contributed by atoms with Crippen molar-refractivity contribution in [1.82, 2.24) is 4.90 Å². The largest absolute Gasteiger partial charge is 0.491 e. The third-order valence-electron chi connectivity index (χ3n) is 5.24. The summed E-state index contributed by atoms with van der Waals surface area (Å²) in [6.07, 6.45) is 1.61. The molecule has 0 saturated carbocycles. The summed E-state index contributed by atoms with van der Waals surface area (Å²) in [5, 5.41) is 10.6. The number of aliphatic hydroxyl groups excluding tert-OH is 1. The lowest BCUT2D eigenvalue weighted by Crippen LogP contribution is -2.39. The highest BCUT2D eigenvalue weighted by Crippen LogP contribution is 2.21. The first-order valence-electron chi connectivity index (χ1n) is 9.96. The quantitative estimate of drug-likeness (QED) is 0.709. The summed E-state index contributed by atoms with van der Waals surface area (Å²) in [4.78, 5) is 2.13. The Morgan fingerprint density at radius 3 is 2.82 bits per heavy atom. The van der Waals surface area contributed by atoms with Crippen LogP contribution < -0.4 is 4.74 Å². The number of rotatable bonds is 9. The van der Waals surface area contributed by atoms with E-state index in [-0.39, 0.29) is 18.5 Å². The lowest BCUT2D eigenvalue weighted by molar-refractivity contribution is 0.0312. The maximum atomic E-state index is 13.6. The van der Waals surface area contributed by atoms with Crippen LogP contribution in [0, 0.1) is 19.7 Å². The molecule has 0 radical (unpaired) electrons. The topological polar surface area (TPSA) is 41.9 Å². The first-order chi connectivity index (χ1) is 13.5. The molecule has 1 aliphatic heterocycles. The number of hydrogen-bond acceptors (Lipinski definition) is 4. The summed E-state index contributed by atoms with van der Waals surface area (Å²) >= 11 is 0. The van der Waals surface area contributed by atoms with Crippen LogP contribution in [0.3, 0.4) is 0 Å². The van der Waals surface area contributed by atoms with Crippen LogP contribution >= 0.6 is 0 Å². The molecule has 2 aromatic rings. The highest BCUT2D eigenvalue weighted by Gasteiger charge is 2.21. The van der Waals surface area contributed by atoms with Crippen LogP contribution in [0.4, 0.5) is 4.39 Å². The van der Waals surface area contributed by atoms with Crippen LogP contribution in [0.15, 0.2) is 42.5 Å². The van der Waals surface area contributed by atoms with E-state index < -0.39 is 6.10 Å². The molecule has 1 aliphatic rings. The summed E-state index contributed by atoms with van der Waals surface area (Å²) in [5.74, 6) is 0.559. The van der Waals surface area contributed by atoms with Crippen molar-refractivity contribution in [3.8, 4) is 5.75 Å². The van der Waals surface area contributed by atoms with Gasteiger partial charge in [-0.05, 0) is 61.6 Å². The van der Waals surface area contributed by atoms with Gasteiger partial charge < -0.3 is 14.6 Å². The molecule has 152 valence electrons. The zero-order chi connectivity index (χ0) is 19.9. The minimum atomic E-state index is -0.644. The highest BCUT2D eigenvalue weighted by molar-refractivity contribution is 5.38. The molecule has 3 rings (SSSR count). The Morgan fingerprint density at radius 1 is 1.25 bits per heavy atom. The molecule has 0 amide bonds. The normalized spacial score (nSPS) is 17.8. The fourth-order valence-electron chi connectivity index (χ4n) is 3.59. The van der Waals surface area contributed by atoms with Gasteiger partial charge in [-0.3, -0.25) is 4.90 Å². The molecule has 1 N–H and O–H groups in total. The van der Waals surface area contributed by atoms with Gasteiger partial charge in [-0.15, -0.1) is 0 Å². The van der Waals surface area contributed by atoms with E-state index in [1.54, 1.807) is 12.1 Å². The van der Waals surface area contributed by atoms with Gasteiger partial charge in [0, 0.05) is 26.2 Å². The SMILES string of the molecule is Cc1cccc(OCC(O)CN(Cc2cccc(F)c2)CC2CCCO2)c1C. The summed E-state index contributed by atoms with van der Waals surface area (Å²) < 4.78 is 25.2. The number of halogens is 1. The maximum Gasteiger partial charge on any atom is 0.123 e. The van der Waals surface area contributed by atoms with Gasteiger partial charge in [-0.1, -0.05) is 24.3 Å². The summed E-state index contributed by atoms with van der Waals surface area (Å²) in [6, 6.07) is 12.5. The first kappa shape index (κ1) is 20.8. The van der Waals surface area contributed by atoms with Crippen molar-refractivity contribution in [2.45, 2.75) is 45.4 Å². The molecule has 4 nitrogen and oxygen atoms in total. The predicted octanol–water partition coefficient (Wildman–Crippen LogP) is 3.86. The van der Waals surface area contributed by atoms with E-state index in [9.17, 15) is 9.50 Å². The molecule has 0 bridgehead atoms. The van der Waals surface area contributed by atoms with Crippen molar-refractivity contribution in [3.05, 3.63) is 65.0 Å². The Balaban J connectivity index is 1.59. The van der Waals surface area contributed by atoms with Crippen LogP contribution in [-0.4, -0.2) is 48.5 Å². The second kappa shape index (κ2) is 10.0. The van der Waals surface area contributed by atoms with Gasteiger partial charge in [0.1, 0.15) is 24.3 Å². The molecule has 0 aliphatic carbocycles. The van der Waals surface area contributed by atoms with Gasteiger partial charge in [0.2, 0.25) is 0 Å². The second-order valence-corrected chi connectivity index (χ2v) is 7.62. The summed E-state index contributed by atoms with van der Waals surface area (Å²) in [6.45, 7) is 6.80. The van der Waals surface area contributed by atoms with Crippen molar-refractivity contribution in [1.29, 1.82) is 0 Å². The number of hydrogen-bond donors (Lipinski definition) is 1. The van der Waals surface area contributed by atoms with E-state index in [4.69, 9.17) is 9.47 Å². The molecule has 5 heteroatoms. The van der Waals surface area contributed by atoms with E-state index >= 15 is 0 Å². The highest BCUT2D eigenvalue weighted by atomic mass is 19.1. The van der Waals surface area contributed by atoms with Gasteiger partial charge in [0.05, 0.1) is 6.10 Å². The lowest BCUT2D eigenvalue weighted by Gasteiger charge is -2.27. The van der Waals surface area contributed by atoms with Crippen molar-refractivity contribution in [3.63, 3.8) is 0 Å². The molecular weight excluding hydrogens is 357 g/mol. The fraction of sp³-hybridized carbons (Fsp3) is 0.478. The monoisotopic (exact) mass is 387 g/mol. The van der Waals surface area contributed by atoms with Crippen LogP contribution in [0.25, 0.3) is 0 Å². The first-order valence-corrected chi connectivity index (χ1v) is 9.96. The minimum absolute atomic E-state index is 0.167. The zero-order valence-electron chi connectivity index (χ0n) is 16.7. The zero-order valence-corrected chi connectivity index (χ0v) is 16.7. The van der Waals surface area contributed by atoms with Crippen molar-refractivity contribution < 1.29 is 19.0 Å². The average Bonchev–Trinajstić information content (AvgIpc) is 3.16. The molecule has 28 heavy (non-hydrogen) atoms. The lowest BCUT2D eigenvalue weighted by atomic mass is 10.1. The van der Waals surface area contributed by atoms with E-state index in [1.807, 2.05) is 38.1 Å². The molecule has 2 atom stereocenters. The van der Waals surface area contributed by atoms with Crippen LogP contribution in [0.1, 0.15) is 29.5 Å². The smallest absolute Gasteiger partial charge is 0.123 e. The molecule has 0 spiro atoms. The predicted molar refractivity (Wildman–Crippen MR) is 108 cm³/mol. The van der Waals surface area contributed by atoms with Crippen molar-refractivity contribution in [2.24, 2.45) is 0 Å². The van der Waals surface area contributed by atoms with Crippen LogP contribution in [-0.2, 0) is 11.3 Å². The molecule has 1 saturated heterocycles. The molecule has 1 fully saturated rings. The van der Waals surface area contributed by atoms with E-state index in [2.05, 4.69) is 4.90 Å². The molecule has 2 aromatic carbocycles. The van der Waals surface area contributed by atoms with Gasteiger partial charge >= 0.3 is 0 Å². The fourth-order valence-corrected chi connectivity index (χ4v) is 3.59. The minimum Gasteiger partial charge on any atom is -0.491 e. The number of aliphatic hydroxyl groups is 1. The Kier molecular flexibility index (Phi) is 7.43. The Morgan fingerprint density at radius 2 is 2.07 bits per heavy atom. The molecular formula is C23H30FNO3. The number of benzene rings is 2. The maximum absolute atomic E-state index is 13.6. The van der Waals surface area contributed by atoms with Gasteiger partial charge in [-0.2, -0.15) is 0 Å². The van der Waals surface area contributed by atoms with Gasteiger partial charge in [0.15, 0.2) is 0 Å². The van der Waals surface area contributed by atoms with E-state index in [1.165, 1.54) is 6.07 Å². The summed E-state index contributed by atoms with van der Waals surface area (Å²) in [5.41, 5.74) is 3.14. The van der Waals surface area contributed by atoms with Gasteiger partial charge in [-0.25, -0.2) is 4.39 Å². The van der Waals surface area contributed by atoms with Crippen LogP contribution in [0.5, 0.6) is 5.75 Å². The van der Waals surface area contributed by atoms with E-state index in [0.717, 1.165) is 48.4 Å². The molecule has 1 heterocycles. The third-order valence-corrected chi connectivity index (χ3v) is 5.24. The van der Waals surface area contributed by atoms with E-state index in [0.29, 0.717) is 13.1 Å². The molecule has 2 unspecified atom stereocenters. The Labute approximate surface area is 166 Å². The number of ether oxygens (including phenoxy) is 2. The Hall–Kier alpha value is -1.95. The Bertz CT molecular complexity index is 761. The second-order valence-electron chi connectivity index (χ2n) is 7.62. The molecule has 0 aromatic heterocycles. The number of nitrogens with zero attached hydrogens (tertiary/aromatic N) is 1. The average molecular weight is 387 g/mol. The van der Waals surface area contributed by atoms with Crippen molar-refractivity contribution in [2.75, 3.05) is 26.3 Å². The standard InChI is InChI=1S/C23H30FNO3/c1-17-6-3-10-23(18(17)2)28-16-21(26)14-25(15-22-9-5-11-27-22)13-19-7-4-8-20(24)12-19/h3-4,6-8,10,12,21-22,26H,5,9,11,13-16H2,1-2H3. The van der Waals surface area contributed by atoms with Gasteiger partial charge in [0.25, 0.3) is 0 Å². The summed E-state index contributed by atoms with van der Waals surface area (Å²) in [7, 11) is 0. The number of aryl methyl sites for hydroxylation is 1. The van der Waals surface area contributed by atoms with Crippen molar-refractivity contribution >= 4 is 0 Å².